The Labute approximate surface area is 140 Å². The summed E-state index contributed by atoms with van der Waals surface area (Å²) in [5.74, 6) is 0.631. The number of nitrogens with zero attached hydrogens (tertiary/aromatic N) is 2. The van der Waals surface area contributed by atoms with Crippen molar-refractivity contribution in [3.8, 4) is 0 Å². The lowest BCUT2D eigenvalue weighted by Gasteiger charge is -2.27. The summed E-state index contributed by atoms with van der Waals surface area (Å²) in [4.78, 5) is 10.3. The maximum atomic E-state index is 5.19. The van der Waals surface area contributed by atoms with E-state index in [0.717, 1.165) is 17.5 Å². The number of para-hydroxylation sites is 1. The number of hydrogen-bond donors (Lipinski definition) is 0. The van der Waals surface area contributed by atoms with Gasteiger partial charge < -0.3 is 0 Å². The summed E-state index contributed by atoms with van der Waals surface area (Å²) in [5, 5.41) is 0. The molecule has 0 saturated heterocycles. The van der Waals surface area contributed by atoms with Crippen LogP contribution in [0.4, 0.5) is 0 Å². The van der Waals surface area contributed by atoms with Crippen molar-refractivity contribution in [2.45, 2.75) is 84.0 Å². The largest absolute Gasteiger partial charge is 0.249 e. The molecule has 0 unspecified atom stereocenters. The molecule has 0 spiro atoms. The van der Waals surface area contributed by atoms with E-state index in [0.29, 0.717) is 5.92 Å². The number of hydrogen-bond acceptors (Lipinski definition) is 2. The van der Waals surface area contributed by atoms with E-state index >= 15 is 0 Å². The molecule has 23 heavy (non-hydrogen) atoms. The van der Waals surface area contributed by atoms with Crippen LogP contribution in [0.5, 0.6) is 0 Å². The van der Waals surface area contributed by atoms with E-state index < -0.39 is 0 Å². The highest BCUT2D eigenvalue weighted by Crippen LogP contribution is 2.45. The Morgan fingerprint density at radius 3 is 2.30 bits per heavy atom. The van der Waals surface area contributed by atoms with E-state index in [1.54, 1.807) is 0 Å². The van der Waals surface area contributed by atoms with E-state index in [1.807, 2.05) is 0 Å². The van der Waals surface area contributed by atoms with Crippen molar-refractivity contribution in [3.05, 3.63) is 35.2 Å². The van der Waals surface area contributed by atoms with Crippen molar-refractivity contribution in [1.29, 1.82) is 0 Å². The summed E-state index contributed by atoms with van der Waals surface area (Å²) in [6.07, 6.45) is 4.88. The van der Waals surface area contributed by atoms with E-state index in [1.165, 1.54) is 36.2 Å². The van der Waals surface area contributed by atoms with Gasteiger partial charge in [-0.15, -0.1) is 0 Å². The van der Waals surface area contributed by atoms with Gasteiger partial charge in [0.1, 0.15) is 0 Å². The van der Waals surface area contributed by atoms with Crippen LogP contribution in [0.15, 0.2) is 18.2 Å². The molecule has 1 fully saturated rings. The van der Waals surface area contributed by atoms with Gasteiger partial charge in [-0.05, 0) is 36.3 Å². The fourth-order valence-electron chi connectivity index (χ4n) is 3.58. The highest BCUT2D eigenvalue weighted by atomic mass is 14.9. The molecule has 1 aromatic carbocycles. The fourth-order valence-corrected chi connectivity index (χ4v) is 3.58. The van der Waals surface area contributed by atoms with Crippen molar-refractivity contribution in [2.75, 3.05) is 0 Å². The molecule has 124 valence electrons. The summed E-state index contributed by atoms with van der Waals surface area (Å²) in [5.41, 5.74) is 6.18. The van der Waals surface area contributed by atoms with Gasteiger partial charge in [0.2, 0.25) is 0 Å². The fraction of sp³-hybridized carbons (Fsp3) is 0.619. The minimum absolute atomic E-state index is 0.0927. The molecule has 2 heteroatoms. The maximum absolute atomic E-state index is 5.19. The zero-order valence-electron chi connectivity index (χ0n) is 15.5. The minimum atomic E-state index is 0.0927. The second kappa shape index (κ2) is 5.58. The van der Waals surface area contributed by atoms with Crippen molar-refractivity contribution < 1.29 is 0 Å². The molecular formula is C21H30N2. The van der Waals surface area contributed by atoms with E-state index in [2.05, 4.69) is 59.7 Å². The lowest BCUT2D eigenvalue weighted by Crippen LogP contribution is -2.22. The van der Waals surface area contributed by atoms with Crippen LogP contribution in [0.3, 0.4) is 0 Å². The predicted molar refractivity (Wildman–Crippen MR) is 98.1 cm³/mol. The molecule has 0 atom stereocenters. The number of fused-ring (bicyclic) bond motifs is 1. The Morgan fingerprint density at radius 1 is 1.04 bits per heavy atom. The number of aromatic nitrogens is 2. The molecule has 0 bridgehead atoms. The third-order valence-electron chi connectivity index (χ3n) is 5.01. The van der Waals surface area contributed by atoms with Crippen LogP contribution in [-0.4, -0.2) is 9.97 Å². The first-order valence-corrected chi connectivity index (χ1v) is 9.05. The molecule has 0 aliphatic heterocycles. The maximum Gasteiger partial charge on any atom is 0.0927 e. The van der Waals surface area contributed by atoms with Crippen LogP contribution in [0, 0.1) is 0 Å². The Morgan fingerprint density at radius 2 is 1.74 bits per heavy atom. The Hall–Kier alpha value is -1.44. The topological polar surface area (TPSA) is 25.8 Å². The predicted octanol–water partition coefficient (Wildman–Crippen LogP) is 5.88. The normalized spacial score (nSPS) is 16.1. The second-order valence-electron chi connectivity index (χ2n) is 8.79. The summed E-state index contributed by atoms with van der Waals surface area (Å²) in [7, 11) is 0. The van der Waals surface area contributed by atoms with Gasteiger partial charge in [-0.3, -0.25) is 0 Å². The minimum Gasteiger partial charge on any atom is -0.249 e. The van der Waals surface area contributed by atoms with Gasteiger partial charge in [0.05, 0.1) is 22.4 Å². The molecule has 0 N–H and O–H groups in total. The second-order valence-corrected chi connectivity index (χ2v) is 8.79. The Balaban J connectivity index is 2.25. The third-order valence-corrected chi connectivity index (χ3v) is 5.01. The summed E-state index contributed by atoms with van der Waals surface area (Å²) in [6.45, 7) is 13.7. The molecule has 2 aromatic rings. The summed E-state index contributed by atoms with van der Waals surface area (Å²) in [6, 6.07) is 6.47. The van der Waals surface area contributed by atoms with Gasteiger partial charge in [-0.25, -0.2) is 9.97 Å². The standard InChI is InChI=1S/C21H30N2/c1-7-13-21(5,6)19-17(14-11-12-14)23-18-15(20(2,3)4)9-8-10-16(18)22-19/h8-10,14H,7,11-13H2,1-6H3. The SMILES string of the molecule is CCCC(C)(C)c1nc2cccc(C(C)(C)C)c2nc1C1CC1. The van der Waals surface area contributed by atoms with Gasteiger partial charge in [-0.1, -0.05) is 60.1 Å². The number of benzene rings is 1. The van der Waals surface area contributed by atoms with Crippen molar-refractivity contribution in [2.24, 2.45) is 0 Å². The van der Waals surface area contributed by atoms with Gasteiger partial charge in [0.15, 0.2) is 0 Å². The average molecular weight is 310 g/mol. The van der Waals surface area contributed by atoms with Crippen LogP contribution < -0.4 is 0 Å². The van der Waals surface area contributed by atoms with Crippen LogP contribution in [0.25, 0.3) is 11.0 Å². The molecule has 3 rings (SSSR count). The zero-order chi connectivity index (χ0) is 16.8. The van der Waals surface area contributed by atoms with Crippen molar-refractivity contribution in [1.82, 2.24) is 9.97 Å². The van der Waals surface area contributed by atoms with E-state index in [4.69, 9.17) is 9.97 Å². The molecule has 1 aliphatic rings. The third kappa shape index (κ3) is 3.13. The zero-order valence-corrected chi connectivity index (χ0v) is 15.5. The average Bonchev–Trinajstić information content (AvgIpc) is 3.28. The Bertz CT molecular complexity index is 718. The number of rotatable bonds is 4. The molecule has 0 radical (unpaired) electrons. The molecular weight excluding hydrogens is 280 g/mol. The van der Waals surface area contributed by atoms with Crippen LogP contribution in [-0.2, 0) is 10.8 Å². The monoisotopic (exact) mass is 310 g/mol. The lowest BCUT2D eigenvalue weighted by atomic mass is 9.81. The highest BCUT2D eigenvalue weighted by Gasteiger charge is 2.35. The molecule has 1 heterocycles. The molecule has 2 nitrogen and oxygen atoms in total. The van der Waals surface area contributed by atoms with Crippen LogP contribution >= 0.6 is 0 Å². The highest BCUT2D eigenvalue weighted by molar-refractivity contribution is 5.79. The first-order chi connectivity index (χ1) is 10.7. The van der Waals surface area contributed by atoms with E-state index in [9.17, 15) is 0 Å². The van der Waals surface area contributed by atoms with Crippen molar-refractivity contribution in [3.63, 3.8) is 0 Å². The van der Waals surface area contributed by atoms with Crippen LogP contribution in [0.2, 0.25) is 0 Å². The van der Waals surface area contributed by atoms with Crippen molar-refractivity contribution >= 4 is 11.0 Å². The first-order valence-electron chi connectivity index (χ1n) is 9.05. The summed E-state index contributed by atoms with van der Waals surface area (Å²) >= 11 is 0. The Kier molecular flexibility index (Phi) is 3.98. The lowest BCUT2D eigenvalue weighted by molar-refractivity contribution is 0.454. The van der Waals surface area contributed by atoms with E-state index in [-0.39, 0.29) is 10.8 Å². The molecule has 1 aliphatic carbocycles. The van der Waals surface area contributed by atoms with Crippen LogP contribution in [0.1, 0.15) is 90.1 Å². The molecule has 1 aromatic heterocycles. The van der Waals surface area contributed by atoms with Gasteiger partial charge >= 0.3 is 0 Å². The smallest absolute Gasteiger partial charge is 0.0927 e. The van der Waals surface area contributed by atoms with Gasteiger partial charge in [0, 0.05) is 11.3 Å². The molecule has 0 amide bonds. The molecule has 1 saturated carbocycles. The quantitative estimate of drug-likeness (QED) is 0.704. The van der Waals surface area contributed by atoms with Gasteiger partial charge in [0.25, 0.3) is 0 Å². The summed E-state index contributed by atoms with van der Waals surface area (Å²) < 4.78 is 0. The first kappa shape index (κ1) is 16.4. The van der Waals surface area contributed by atoms with Gasteiger partial charge in [-0.2, -0.15) is 0 Å².